The molecule has 33 heavy (non-hydrogen) atoms. The van der Waals surface area contributed by atoms with Crippen LogP contribution in [-0.4, -0.2) is 48.7 Å². The molecule has 8 nitrogen and oxygen atoms in total. The van der Waals surface area contributed by atoms with Gasteiger partial charge < -0.3 is 20.3 Å². The van der Waals surface area contributed by atoms with Crippen LogP contribution in [0.3, 0.4) is 0 Å². The summed E-state index contributed by atoms with van der Waals surface area (Å²) in [6.45, 7) is 5.28. The summed E-state index contributed by atoms with van der Waals surface area (Å²) < 4.78 is 5.42. The number of rotatable bonds is 7. The molecule has 1 aliphatic rings. The summed E-state index contributed by atoms with van der Waals surface area (Å²) >= 11 is 1.50. The van der Waals surface area contributed by atoms with Gasteiger partial charge in [0.05, 0.1) is 19.3 Å². The lowest BCUT2D eigenvalue weighted by atomic mass is 10.2. The number of hydrogen-bond donors (Lipinski definition) is 2. The minimum atomic E-state index is -0.266. The maximum absolute atomic E-state index is 12.0. The first-order valence-corrected chi connectivity index (χ1v) is 11.4. The molecule has 2 aromatic carbocycles. The summed E-state index contributed by atoms with van der Waals surface area (Å²) in [5.41, 5.74) is 3.56. The lowest BCUT2D eigenvalue weighted by molar-refractivity contribution is 0.0958. The van der Waals surface area contributed by atoms with Crippen LogP contribution in [0.15, 0.2) is 64.6 Å². The number of carbonyl (C=O) groups is 1. The number of nitrogens with one attached hydrogen (secondary N) is 2. The summed E-state index contributed by atoms with van der Waals surface area (Å²) in [4.78, 5) is 24.3. The van der Waals surface area contributed by atoms with E-state index in [1.807, 2.05) is 37.3 Å². The quantitative estimate of drug-likeness (QED) is 0.406. The Morgan fingerprint density at radius 1 is 1.15 bits per heavy atom. The number of ether oxygens (including phenoxy) is 1. The van der Waals surface area contributed by atoms with E-state index in [9.17, 15) is 4.79 Å². The first-order valence-electron chi connectivity index (χ1n) is 10.6. The molecule has 2 heterocycles. The molecular weight excluding hydrogens is 436 g/mol. The Kier molecular flexibility index (Phi) is 7.40. The van der Waals surface area contributed by atoms with Crippen molar-refractivity contribution >= 4 is 35.0 Å². The number of hydrogen-bond acceptors (Lipinski definition) is 8. The molecule has 0 saturated carbocycles. The molecule has 1 saturated heterocycles. The van der Waals surface area contributed by atoms with Crippen molar-refractivity contribution in [1.82, 2.24) is 15.3 Å². The van der Waals surface area contributed by atoms with Crippen LogP contribution < -0.4 is 15.5 Å². The predicted molar refractivity (Wildman–Crippen MR) is 128 cm³/mol. The van der Waals surface area contributed by atoms with Crippen LogP contribution in [0.4, 0.5) is 17.3 Å². The van der Waals surface area contributed by atoms with Gasteiger partial charge in [0, 0.05) is 46.7 Å². The Hall–Kier alpha value is -3.61. The fraction of sp³-hybridized carbons (Fsp3) is 0.250. The van der Waals surface area contributed by atoms with Gasteiger partial charge in [-0.3, -0.25) is 4.79 Å². The molecule has 9 heteroatoms. The van der Waals surface area contributed by atoms with Crippen LogP contribution in [0.25, 0.3) is 0 Å². The zero-order chi connectivity index (χ0) is 23.0. The highest BCUT2D eigenvalue weighted by molar-refractivity contribution is 7.99. The lowest BCUT2D eigenvalue weighted by Crippen LogP contribution is -2.36. The second-order valence-corrected chi connectivity index (χ2v) is 8.48. The Morgan fingerprint density at radius 3 is 2.58 bits per heavy atom. The minimum absolute atomic E-state index is 0.0127. The molecule has 4 rings (SSSR count). The van der Waals surface area contributed by atoms with Crippen molar-refractivity contribution in [1.29, 1.82) is 5.26 Å². The molecule has 0 radical (unpaired) electrons. The fourth-order valence-corrected chi connectivity index (χ4v) is 4.15. The highest BCUT2D eigenvalue weighted by atomic mass is 32.2. The van der Waals surface area contributed by atoms with Crippen molar-refractivity contribution in [3.63, 3.8) is 0 Å². The van der Waals surface area contributed by atoms with Gasteiger partial charge in [0.15, 0.2) is 0 Å². The topological polar surface area (TPSA) is 103 Å². The zero-order valence-corrected chi connectivity index (χ0v) is 19.1. The van der Waals surface area contributed by atoms with Gasteiger partial charge in [0.1, 0.15) is 11.6 Å². The van der Waals surface area contributed by atoms with E-state index in [4.69, 9.17) is 10.00 Å². The van der Waals surface area contributed by atoms with E-state index in [0.717, 1.165) is 47.5 Å². The molecule has 1 aromatic heterocycles. The van der Waals surface area contributed by atoms with Crippen LogP contribution in [0.2, 0.25) is 0 Å². The van der Waals surface area contributed by atoms with Gasteiger partial charge in [-0.25, -0.2) is 9.97 Å². The van der Waals surface area contributed by atoms with E-state index in [1.165, 1.54) is 17.4 Å². The van der Waals surface area contributed by atoms with Gasteiger partial charge in [0.25, 0.3) is 5.91 Å². The van der Waals surface area contributed by atoms with Crippen molar-refractivity contribution in [2.45, 2.75) is 16.8 Å². The average Bonchev–Trinajstić information content (AvgIpc) is 2.86. The van der Waals surface area contributed by atoms with Crippen molar-refractivity contribution in [3.05, 3.63) is 65.9 Å². The number of aryl methyl sites for hydroxylation is 1. The molecule has 0 unspecified atom stereocenters. The average molecular weight is 461 g/mol. The van der Waals surface area contributed by atoms with Crippen molar-refractivity contribution in [3.8, 4) is 6.07 Å². The fourth-order valence-electron chi connectivity index (χ4n) is 3.30. The van der Waals surface area contributed by atoms with Crippen LogP contribution >= 0.6 is 11.8 Å². The Balaban J connectivity index is 1.41. The van der Waals surface area contributed by atoms with Crippen LogP contribution in [0.5, 0.6) is 0 Å². The van der Waals surface area contributed by atoms with Crippen LogP contribution in [0.1, 0.15) is 15.9 Å². The third-order valence-corrected chi connectivity index (χ3v) is 6.20. The third kappa shape index (κ3) is 6.00. The van der Waals surface area contributed by atoms with Gasteiger partial charge in [-0.15, -0.1) is 0 Å². The summed E-state index contributed by atoms with van der Waals surface area (Å²) in [5.74, 6) is 0.257. The first kappa shape index (κ1) is 22.6. The number of aromatic nitrogens is 2. The van der Waals surface area contributed by atoms with Crippen LogP contribution in [-0.2, 0) is 4.74 Å². The molecule has 168 valence electrons. The molecule has 2 N–H and O–H groups in total. The third-order valence-electron chi connectivity index (χ3n) is 5.08. The largest absolute Gasteiger partial charge is 0.378 e. The molecule has 0 bridgehead atoms. The standard InChI is InChI=1S/C24H24N6O2S/c1-17-16-27-24(28-19-4-6-20(7-5-19)30-12-14-32-15-13-30)29-23(17)33-21-8-2-18(3-9-21)22(31)26-11-10-25/h2-9,16H,11-15H2,1H3,(H,26,31)(H,27,28,29). The van der Waals surface area contributed by atoms with Gasteiger partial charge in [-0.05, 0) is 55.5 Å². The van der Waals surface area contributed by atoms with E-state index < -0.39 is 0 Å². The lowest BCUT2D eigenvalue weighted by Gasteiger charge is -2.28. The predicted octanol–water partition coefficient (Wildman–Crippen LogP) is 3.77. The SMILES string of the molecule is Cc1cnc(Nc2ccc(N3CCOCC3)cc2)nc1Sc1ccc(C(=O)NCC#N)cc1. The molecular formula is C24H24N6O2S. The van der Waals surface area contributed by atoms with Gasteiger partial charge in [0.2, 0.25) is 5.95 Å². The number of benzene rings is 2. The Morgan fingerprint density at radius 2 is 1.88 bits per heavy atom. The molecule has 1 amide bonds. The number of anilines is 3. The summed E-state index contributed by atoms with van der Waals surface area (Å²) in [5, 5.41) is 15.2. The molecule has 3 aromatic rings. The summed E-state index contributed by atoms with van der Waals surface area (Å²) in [6, 6.07) is 17.3. The maximum atomic E-state index is 12.0. The zero-order valence-electron chi connectivity index (χ0n) is 18.2. The highest BCUT2D eigenvalue weighted by Gasteiger charge is 2.12. The number of morpholine rings is 1. The van der Waals surface area contributed by atoms with Gasteiger partial charge in [-0.2, -0.15) is 5.26 Å². The minimum Gasteiger partial charge on any atom is -0.378 e. The number of nitriles is 1. The second-order valence-electron chi connectivity index (χ2n) is 7.42. The van der Waals surface area contributed by atoms with Gasteiger partial charge in [-0.1, -0.05) is 11.8 Å². The second kappa shape index (κ2) is 10.8. The van der Waals surface area contributed by atoms with Crippen molar-refractivity contribution in [2.75, 3.05) is 43.1 Å². The Bertz CT molecular complexity index is 1140. The number of carbonyl (C=O) groups excluding carboxylic acids is 1. The van der Waals surface area contributed by atoms with Crippen molar-refractivity contribution in [2.24, 2.45) is 0 Å². The molecule has 1 fully saturated rings. The molecule has 1 aliphatic heterocycles. The summed E-state index contributed by atoms with van der Waals surface area (Å²) in [7, 11) is 0. The number of nitrogens with zero attached hydrogens (tertiary/aromatic N) is 4. The van der Waals surface area contributed by atoms with E-state index in [2.05, 4.69) is 37.6 Å². The van der Waals surface area contributed by atoms with E-state index >= 15 is 0 Å². The van der Waals surface area contributed by atoms with Gasteiger partial charge >= 0.3 is 0 Å². The van der Waals surface area contributed by atoms with Crippen molar-refractivity contribution < 1.29 is 9.53 Å². The smallest absolute Gasteiger partial charge is 0.252 e. The highest BCUT2D eigenvalue weighted by Crippen LogP contribution is 2.30. The first-order chi connectivity index (χ1) is 16.1. The normalized spacial score (nSPS) is 13.3. The van der Waals surface area contributed by atoms with E-state index in [1.54, 1.807) is 18.3 Å². The number of amides is 1. The molecule has 0 spiro atoms. The summed E-state index contributed by atoms with van der Waals surface area (Å²) in [6.07, 6.45) is 1.80. The monoisotopic (exact) mass is 460 g/mol. The van der Waals surface area contributed by atoms with E-state index in [0.29, 0.717) is 11.5 Å². The Labute approximate surface area is 197 Å². The van der Waals surface area contributed by atoms with E-state index in [-0.39, 0.29) is 12.5 Å². The maximum Gasteiger partial charge on any atom is 0.252 e. The molecule has 0 atom stereocenters. The molecule has 0 aliphatic carbocycles. The van der Waals surface area contributed by atoms with Crippen LogP contribution in [0, 0.1) is 18.3 Å².